The number of halogens is 1. The van der Waals surface area contributed by atoms with E-state index in [2.05, 4.69) is 5.32 Å². The van der Waals surface area contributed by atoms with Gasteiger partial charge < -0.3 is 5.32 Å². The third kappa shape index (κ3) is 6.11. The molecular formula is C30H30ClN3O4. The number of hydrogen-bond acceptors (Lipinski definition) is 4. The van der Waals surface area contributed by atoms with Crippen molar-refractivity contribution >= 4 is 34.2 Å². The minimum Gasteiger partial charge on any atom is -0.352 e. The van der Waals surface area contributed by atoms with E-state index in [0.717, 1.165) is 10.1 Å². The lowest BCUT2D eigenvalue weighted by Gasteiger charge is -2.19. The Morgan fingerprint density at radius 1 is 0.842 bits per heavy atom. The third-order valence-corrected chi connectivity index (χ3v) is 6.69. The van der Waals surface area contributed by atoms with Gasteiger partial charge in [-0.1, -0.05) is 68.8 Å². The van der Waals surface area contributed by atoms with E-state index in [1.165, 1.54) is 4.57 Å². The number of carbonyl (C=O) groups is 2. The monoisotopic (exact) mass is 531 g/mol. The summed E-state index contributed by atoms with van der Waals surface area (Å²) in [5.41, 5.74) is 1.06. The maximum absolute atomic E-state index is 13.4. The van der Waals surface area contributed by atoms with E-state index in [4.69, 9.17) is 11.6 Å². The van der Waals surface area contributed by atoms with Crippen LogP contribution in [0.2, 0.25) is 5.02 Å². The highest BCUT2D eigenvalue weighted by Gasteiger charge is 2.24. The Balaban J connectivity index is 1.53. The van der Waals surface area contributed by atoms with Gasteiger partial charge in [0, 0.05) is 22.5 Å². The number of aromatic nitrogens is 2. The fourth-order valence-corrected chi connectivity index (χ4v) is 4.19. The van der Waals surface area contributed by atoms with Gasteiger partial charge in [-0.3, -0.25) is 23.5 Å². The fraction of sp³-hybridized carbons (Fsp3) is 0.267. The Morgan fingerprint density at radius 2 is 1.47 bits per heavy atom. The number of ketones is 1. The number of hydrogen-bond donors (Lipinski definition) is 1. The molecule has 1 heterocycles. The molecule has 0 aliphatic carbocycles. The van der Waals surface area contributed by atoms with Crippen LogP contribution in [0.1, 0.15) is 42.3 Å². The van der Waals surface area contributed by atoms with Gasteiger partial charge in [-0.05, 0) is 53.9 Å². The lowest BCUT2D eigenvalue weighted by Crippen LogP contribution is -2.42. The van der Waals surface area contributed by atoms with Crippen molar-refractivity contribution in [2.75, 3.05) is 6.54 Å². The number of carbonyl (C=O) groups excluding carboxylic acids is 2. The lowest BCUT2D eigenvalue weighted by molar-refractivity contribution is -0.126. The normalized spacial score (nSPS) is 11.5. The number of para-hydroxylation sites is 1. The Hall–Kier alpha value is -3.97. The number of benzene rings is 3. The molecule has 0 aliphatic heterocycles. The lowest BCUT2D eigenvalue weighted by atomic mass is 9.91. The average Bonchev–Trinajstić information content (AvgIpc) is 2.89. The molecule has 0 aliphatic rings. The summed E-state index contributed by atoms with van der Waals surface area (Å²) in [6.07, 6.45) is 0.676. The number of nitrogens with zero attached hydrogens (tertiary/aromatic N) is 2. The molecule has 0 saturated carbocycles. The van der Waals surface area contributed by atoms with Gasteiger partial charge in [-0.2, -0.15) is 0 Å². The van der Waals surface area contributed by atoms with Gasteiger partial charge in [0.05, 0.1) is 24.0 Å². The molecule has 1 aromatic heterocycles. The SMILES string of the molecule is CC(C)(C)C(=O)Cn1c(=O)n(Cc2ccc(C(=O)NCCc3ccc(Cl)cc3)cc2)c(=O)c2ccccc21. The van der Waals surface area contributed by atoms with E-state index in [9.17, 15) is 19.2 Å². The van der Waals surface area contributed by atoms with E-state index in [1.54, 1.807) is 69.3 Å². The Labute approximate surface area is 225 Å². The maximum Gasteiger partial charge on any atom is 0.332 e. The van der Waals surface area contributed by atoms with E-state index in [1.807, 2.05) is 24.3 Å². The molecule has 3 aromatic carbocycles. The van der Waals surface area contributed by atoms with Gasteiger partial charge >= 0.3 is 5.69 Å². The van der Waals surface area contributed by atoms with Crippen molar-refractivity contribution in [2.45, 2.75) is 40.3 Å². The molecule has 0 radical (unpaired) electrons. The average molecular weight is 532 g/mol. The molecule has 0 unspecified atom stereocenters. The number of nitrogens with one attached hydrogen (secondary N) is 1. The highest BCUT2D eigenvalue weighted by Crippen LogP contribution is 2.17. The number of amides is 1. The zero-order valence-corrected chi connectivity index (χ0v) is 22.4. The van der Waals surface area contributed by atoms with E-state index in [-0.39, 0.29) is 24.8 Å². The van der Waals surface area contributed by atoms with Crippen LogP contribution in [0.4, 0.5) is 0 Å². The van der Waals surface area contributed by atoms with E-state index in [0.29, 0.717) is 40.0 Å². The minimum absolute atomic E-state index is 0.0185. The Kier molecular flexibility index (Phi) is 7.97. The van der Waals surface area contributed by atoms with Crippen LogP contribution in [0.3, 0.4) is 0 Å². The molecule has 1 amide bonds. The van der Waals surface area contributed by atoms with Crippen molar-refractivity contribution in [3.8, 4) is 0 Å². The van der Waals surface area contributed by atoms with Gasteiger partial charge in [0.15, 0.2) is 5.78 Å². The second-order valence-electron chi connectivity index (χ2n) is 10.3. The fourth-order valence-electron chi connectivity index (χ4n) is 4.06. The van der Waals surface area contributed by atoms with Gasteiger partial charge in [-0.15, -0.1) is 0 Å². The molecule has 0 atom stereocenters. The minimum atomic E-state index is -0.632. The largest absolute Gasteiger partial charge is 0.352 e. The zero-order chi connectivity index (χ0) is 27.4. The molecular weight excluding hydrogens is 502 g/mol. The highest BCUT2D eigenvalue weighted by atomic mass is 35.5. The number of fused-ring (bicyclic) bond motifs is 1. The van der Waals surface area contributed by atoms with Gasteiger partial charge in [0.25, 0.3) is 11.5 Å². The van der Waals surface area contributed by atoms with Crippen LogP contribution in [0, 0.1) is 5.41 Å². The summed E-state index contributed by atoms with van der Waals surface area (Å²) < 4.78 is 2.51. The summed E-state index contributed by atoms with van der Waals surface area (Å²) >= 11 is 5.91. The van der Waals surface area contributed by atoms with Crippen LogP contribution in [-0.4, -0.2) is 27.4 Å². The van der Waals surface area contributed by atoms with E-state index >= 15 is 0 Å². The van der Waals surface area contributed by atoms with Crippen LogP contribution >= 0.6 is 11.6 Å². The molecule has 38 heavy (non-hydrogen) atoms. The van der Waals surface area contributed by atoms with Gasteiger partial charge in [-0.25, -0.2) is 4.79 Å². The predicted octanol–water partition coefficient (Wildman–Crippen LogP) is 4.45. The van der Waals surface area contributed by atoms with Crippen molar-refractivity contribution in [2.24, 2.45) is 5.41 Å². The van der Waals surface area contributed by atoms with Gasteiger partial charge in [0.2, 0.25) is 0 Å². The summed E-state index contributed by atoms with van der Waals surface area (Å²) in [5, 5.41) is 3.93. The topological polar surface area (TPSA) is 90.2 Å². The Bertz CT molecular complexity index is 1590. The van der Waals surface area contributed by atoms with Crippen molar-refractivity contribution in [3.05, 3.63) is 115 Å². The quantitative estimate of drug-likeness (QED) is 0.363. The molecule has 4 rings (SSSR count). The molecule has 8 heteroatoms. The number of Topliss-reactive ketones (excluding diaryl/α,β-unsaturated/α-hetero) is 1. The van der Waals surface area contributed by atoms with E-state index < -0.39 is 16.7 Å². The third-order valence-electron chi connectivity index (χ3n) is 6.44. The molecule has 0 fully saturated rings. The van der Waals surface area contributed by atoms with Crippen LogP contribution < -0.4 is 16.6 Å². The van der Waals surface area contributed by atoms with Crippen molar-refractivity contribution in [1.29, 1.82) is 0 Å². The van der Waals surface area contributed by atoms with Crippen LogP contribution in [0.25, 0.3) is 10.9 Å². The van der Waals surface area contributed by atoms with Crippen molar-refractivity contribution in [1.82, 2.24) is 14.5 Å². The highest BCUT2D eigenvalue weighted by molar-refractivity contribution is 6.30. The standard InChI is InChI=1S/C30H30ClN3O4/c1-30(2,3)26(35)19-33-25-7-5-4-6-24(25)28(37)34(29(33)38)18-21-8-12-22(13-9-21)27(36)32-17-16-20-10-14-23(31)15-11-20/h4-15H,16-19H2,1-3H3,(H,32,36). The number of rotatable bonds is 8. The zero-order valence-electron chi connectivity index (χ0n) is 21.7. The molecule has 7 nitrogen and oxygen atoms in total. The first-order valence-corrected chi connectivity index (χ1v) is 12.8. The van der Waals surface area contributed by atoms with Crippen LogP contribution in [-0.2, 0) is 24.3 Å². The predicted molar refractivity (Wildman–Crippen MR) is 150 cm³/mol. The smallest absolute Gasteiger partial charge is 0.332 e. The molecule has 0 spiro atoms. The molecule has 0 bridgehead atoms. The Morgan fingerprint density at radius 3 is 2.13 bits per heavy atom. The maximum atomic E-state index is 13.4. The summed E-state index contributed by atoms with van der Waals surface area (Å²) in [6.45, 7) is 5.76. The molecule has 1 N–H and O–H groups in total. The van der Waals surface area contributed by atoms with Crippen molar-refractivity contribution in [3.63, 3.8) is 0 Å². The first kappa shape index (κ1) is 27.1. The molecule has 196 valence electrons. The summed E-state index contributed by atoms with van der Waals surface area (Å²) in [5.74, 6) is -0.321. The second kappa shape index (κ2) is 11.2. The summed E-state index contributed by atoms with van der Waals surface area (Å²) in [4.78, 5) is 51.9. The molecule has 0 saturated heterocycles. The van der Waals surface area contributed by atoms with Crippen LogP contribution in [0.5, 0.6) is 0 Å². The first-order chi connectivity index (χ1) is 18.0. The van der Waals surface area contributed by atoms with Crippen molar-refractivity contribution < 1.29 is 9.59 Å². The van der Waals surface area contributed by atoms with Gasteiger partial charge in [0.1, 0.15) is 0 Å². The summed E-state index contributed by atoms with van der Waals surface area (Å²) in [6, 6.07) is 21.1. The summed E-state index contributed by atoms with van der Waals surface area (Å²) in [7, 11) is 0. The first-order valence-electron chi connectivity index (χ1n) is 12.4. The second-order valence-corrected chi connectivity index (χ2v) is 10.7. The van der Waals surface area contributed by atoms with Crippen LogP contribution in [0.15, 0.2) is 82.4 Å². The molecule has 4 aromatic rings.